The molecule has 0 aromatic heterocycles. The van der Waals surface area contributed by atoms with E-state index in [2.05, 4.69) is 5.32 Å². The molecule has 1 atom stereocenters. The molecule has 33 heavy (non-hydrogen) atoms. The van der Waals surface area contributed by atoms with Gasteiger partial charge in [-0.05, 0) is 38.0 Å². The zero-order chi connectivity index (χ0) is 23.4. The molecule has 2 saturated heterocycles. The molecular formula is C26H31N3O4. The Bertz CT molecular complexity index is 1010. The summed E-state index contributed by atoms with van der Waals surface area (Å²) in [5.74, 6) is 0.333. The summed E-state index contributed by atoms with van der Waals surface area (Å²) in [5, 5.41) is 3.00. The van der Waals surface area contributed by atoms with Crippen LogP contribution in [0.3, 0.4) is 0 Å². The van der Waals surface area contributed by atoms with E-state index >= 15 is 0 Å². The van der Waals surface area contributed by atoms with Crippen molar-refractivity contribution in [1.82, 2.24) is 10.2 Å². The van der Waals surface area contributed by atoms with Gasteiger partial charge >= 0.3 is 0 Å². The number of hydrogen-bond acceptors (Lipinski definition) is 4. The molecule has 0 aliphatic carbocycles. The summed E-state index contributed by atoms with van der Waals surface area (Å²) in [6, 6.07) is 15.4. The lowest BCUT2D eigenvalue weighted by atomic mass is 9.94. The van der Waals surface area contributed by atoms with Crippen LogP contribution in [0.5, 0.6) is 5.75 Å². The third-order valence-corrected chi connectivity index (χ3v) is 6.64. The lowest BCUT2D eigenvalue weighted by molar-refractivity contribution is -0.139. The standard InChI is InChI=1S/C26H31N3O4/c1-18-7-9-22(10-8-18)29-17-21(15-24(29)30)26(32)28-13-11-19(12-14-28)25(31)27-16-20-5-3-4-6-23(20)33-2/h3-10,19,21H,11-17H2,1-2H3,(H,27,31). The van der Waals surface area contributed by atoms with Crippen molar-refractivity contribution in [2.24, 2.45) is 11.8 Å². The number of rotatable bonds is 6. The highest BCUT2D eigenvalue weighted by Crippen LogP contribution is 2.28. The molecule has 0 spiro atoms. The molecule has 2 aromatic carbocycles. The van der Waals surface area contributed by atoms with Gasteiger partial charge in [0.25, 0.3) is 0 Å². The van der Waals surface area contributed by atoms with Gasteiger partial charge in [0.05, 0.1) is 13.0 Å². The average molecular weight is 450 g/mol. The van der Waals surface area contributed by atoms with Crippen molar-refractivity contribution in [2.45, 2.75) is 32.7 Å². The molecule has 0 bridgehead atoms. The summed E-state index contributed by atoms with van der Waals surface area (Å²) in [7, 11) is 1.62. The van der Waals surface area contributed by atoms with Crippen LogP contribution in [0.1, 0.15) is 30.4 Å². The van der Waals surface area contributed by atoms with E-state index < -0.39 is 0 Å². The number of amides is 3. The maximum absolute atomic E-state index is 13.1. The van der Waals surface area contributed by atoms with Crippen molar-refractivity contribution in [3.8, 4) is 5.75 Å². The van der Waals surface area contributed by atoms with Gasteiger partial charge in [0.15, 0.2) is 0 Å². The summed E-state index contributed by atoms with van der Waals surface area (Å²) >= 11 is 0. The van der Waals surface area contributed by atoms with Gasteiger partial charge in [-0.2, -0.15) is 0 Å². The SMILES string of the molecule is COc1ccccc1CNC(=O)C1CCN(C(=O)C2CC(=O)N(c3ccc(C)cc3)C2)CC1. The maximum atomic E-state index is 13.1. The van der Waals surface area contributed by atoms with Gasteiger partial charge in [-0.25, -0.2) is 0 Å². The monoisotopic (exact) mass is 449 g/mol. The van der Waals surface area contributed by atoms with Crippen molar-refractivity contribution in [2.75, 3.05) is 31.6 Å². The van der Waals surface area contributed by atoms with Gasteiger partial charge in [-0.15, -0.1) is 0 Å². The molecule has 1 N–H and O–H groups in total. The number of methoxy groups -OCH3 is 1. The lowest BCUT2D eigenvalue weighted by Crippen LogP contribution is -2.45. The number of para-hydroxylation sites is 1. The maximum Gasteiger partial charge on any atom is 0.228 e. The molecule has 2 aromatic rings. The quantitative estimate of drug-likeness (QED) is 0.736. The predicted molar refractivity (Wildman–Crippen MR) is 126 cm³/mol. The van der Waals surface area contributed by atoms with Gasteiger partial charge in [0, 0.05) is 49.8 Å². The number of nitrogens with one attached hydrogen (secondary N) is 1. The van der Waals surface area contributed by atoms with Crippen LogP contribution in [0.2, 0.25) is 0 Å². The number of anilines is 1. The Balaban J connectivity index is 1.27. The van der Waals surface area contributed by atoms with Gasteiger partial charge < -0.3 is 19.9 Å². The van der Waals surface area contributed by atoms with E-state index in [0.29, 0.717) is 39.0 Å². The van der Waals surface area contributed by atoms with Crippen LogP contribution in [-0.4, -0.2) is 49.4 Å². The minimum atomic E-state index is -0.324. The fourth-order valence-corrected chi connectivity index (χ4v) is 4.64. The minimum absolute atomic E-state index is 0.00888. The minimum Gasteiger partial charge on any atom is -0.496 e. The molecule has 2 aliphatic rings. The number of benzene rings is 2. The van der Waals surface area contributed by atoms with Crippen LogP contribution >= 0.6 is 0 Å². The van der Waals surface area contributed by atoms with Crippen LogP contribution < -0.4 is 15.0 Å². The van der Waals surface area contributed by atoms with E-state index in [1.54, 1.807) is 12.0 Å². The number of hydrogen-bond donors (Lipinski definition) is 1. The highest BCUT2D eigenvalue weighted by molar-refractivity contribution is 6.00. The first-order valence-electron chi connectivity index (χ1n) is 11.5. The summed E-state index contributed by atoms with van der Waals surface area (Å²) in [6.45, 7) is 3.92. The van der Waals surface area contributed by atoms with Crippen molar-refractivity contribution in [1.29, 1.82) is 0 Å². The van der Waals surface area contributed by atoms with Gasteiger partial charge in [-0.1, -0.05) is 35.9 Å². The molecular weight excluding hydrogens is 418 g/mol. The van der Waals surface area contributed by atoms with Crippen molar-refractivity contribution >= 4 is 23.4 Å². The van der Waals surface area contributed by atoms with Gasteiger partial charge in [-0.3, -0.25) is 14.4 Å². The molecule has 2 aliphatic heterocycles. The van der Waals surface area contributed by atoms with E-state index in [-0.39, 0.29) is 36.0 Å². The van der Waals surface area contributed by atoms with E-state index in [1.165, 1.54) is 0 Å². The Morgan fingerprint density at radius 1 is 1.03 bits per heavy atom. The van der Waals surface area contributed by atoms with Crippen LogP contribution in [0.4, 0.5) is 5.69 Å². The number of ether oxygens (including phenoxy) is 1. The average Bonchev–Trinajstić information content (AvgIpc) is 3.24. The predicted octanol–water partition coefficient (Wildman–Crippen LogP) is 2.91. The number of aryl methyl sites for hydroxylation is 1. The second-order valence-electron chi connectivity index (χ2n) is 8.87. The molecule has 0 saturated carbocycles. The van der Waals surface area contributed by atoms with Gasteiger partial charge in [0.1, 0.15) is 5.75 Å². The molecule has 7 nitrogen and oxygen atoms in total. The molecule has 0 radical (unpaired) electrons. The van der Waals surface area contributed by atoms with Crippen LogP contribution in [0, 0.1) is 18.8 Å². The largest absolute Gasteiger partial charge is 0.496 e. The second kappa shape index (κ2) is 10.1. The Kier molecular flexibility index (Phi) is 6.96. The van der Waals surface area contributed by atoms with E-state index in [4.69, 9.17) is 4.74 Å². The topological polar surface area (TPSA) is 79.0 Å². The second-order valence-corrected chi connectivity index (χ2v) is 8.87. The van der Waals surface area contributed by atoms with Crippen molar-refractivity contribution in [3.63, 3.8) is 0 Å². The van der Waals surface area contributed by atoms with Gasteiger partial charge in [0.2, 0.25) is 17.7 Å². The zero-order valence-corrected chi connectivity index (χ0v) is 19.3. The molecule has 1 unspecified atom stereocenters. The van der Waals surface area contributed by atoms with E-state index in [1.807, 2.05) is 60.4 Å². The normalized spacial score (nSPS) is 19.0. The van der Waals surface area contributed by atoms with E-state index in [0.717, 1.165) is 22.6 Å². The van der Waals surface area contributed by atoms with Crippen LogP contribution in [-0.2, 0) is 20.9 Å². The molecule has 174 valence electrons. The molecule has 7 heteroatoms. The third kappa shape index (κ3) is 5.18. The summed E-state index contributed by atoms with van der Waals surface area (Å²) < 4.78 is 5.34. The fraction of sp³-hybridized carbons (Fsp3) is 0.423. The molecule has 2 fully saturated rings. The van der Waals surface area contributed by atoms with E-state index in [9.17, 15) is 14.4 Å². The number of carbonyl (C=O) groups excluding carboxylic acids is 3. The summed E-state index contributed by atoms with van der Waals surface area (Å²) in [4.78, 5) is 41.8. The lowest BCUT2D eigenvalue weighted by Gasteiger charge is -2.33. The molecule has 2 heterocycles. The number of nitrogens with zero attached hydrogens (tertiary/aromatic N) is 2. The Labute approximate surface area is 194 Å². The Morgan fingerprint density at radius 3 is 2.42 bits per heavy atom. The van der Waals surface area contributed by atoms with Crippen LogP contribution in [0.15, 0.2) is 48.5 Å². The zero-order valence-electron chi connectivity index (χ0n) is 19.3. The Hall–Kier alpha value is -3.35. The fourth-order valence-electron chi connectivity index (χ4n) is 4.64. The van der Waals surface area contributed by atoms with Crippen molar-refractivity contribution < 1.29 is 19.1 Å². The highest BCUT2D eigenvalue weighted by Gasteiger charge is 2.38. The molecule has 3 amide bonds. The van der Waals surface area contributed by atoms with Crippen molar-refractivity contribution in [3.05, 3.63) is 59.7 Å². The Morgan fingerprint density at radius 2 is 1.73 bits per heavy atom. The third-order valence-electron chi connectivity index (χ3n) is 6.64. The number of piperidine rings is 1. The number of carbonyl (C=O) groups is 3. The number of likely N-dealkylation sites (tertiary alicyclic amines) is 1. The first-order valence-corrected chi connectivity index (χ1v) is 11.5. The molecule has 4 rings (SSSR count). The van der Waals surface area contributed by atoms with Crippen LogP contribution in [0.25, 0.3) is 0 Å². The highest BCUT2D eigenvalue weighted by atomic mass is 16.5. The first kappa shape index (κ1) is 22.8. The summed E-state index contributed by atoms with van der Waals surface area (Å²) in [6.07, 6.45) is 1.50. The first-order chi connectivity index (χ1) is 16.0. The smallest absolute Gasteiger partial charge is 0.228 e. The summed E-state index contributed by atoms with van der Waals surface area (Å²) in [5.41, 5.74) is 2.91.